The lowest BCUT2D eigenvalue weighted by molar-refractivity contribution is 0.399. The summed E-state index contributed by atoms with van der Waals surface area (Å²) in [4.78, 5) is 2.27. The van der Waals surface area contributed by atoms with Gasteiger partial charge in [-0.2, -0.15) is 5.26 Å². The molecule has 3 heteroatoms. The van der Waals surface area contributed by atoms with Crippen molar-refractivity contribution in [3.8, 4) is 6.07 Å². The third kappa shape index (κ3) is 1.80. The minimum absolute atomic E-state index is 0.347. The van der Waals surface area contributed by atoms with Gasteiger partial charge in [0, 0.05) is 16.4 Å². The van der Waals surface area contributed by atoms with Crippen LogP contribution >= 0.6 is 15.9 Å². The molecule has 2 heterocycles. The molecule has 1 aromatic carbocycles. The highest BCUT2D eigenvalue weighted by molar-refractivity contribution is 9.10. The molecule has 1 unspecified atom stereocenters. The molecule has 0 aliphatic carbocycles. The molecule has 0 bridgehead atoms. The van der Waals surface area contributed by atoms with Gasteiger partial charge in [0.15, 0.2) is 0 Å². The van der Waals surface area contributed by atoms with E-state index in [2.05, 4.69) is 38.7 Å². The highest BCUT2D eigenvalue weighted by Crippen LogP contribution is 2.41. The summed E-state index contributed by atoms with van der Waals surface area (Å²) in [7, 11) is 0. The zero-order chi connectivity index (χ0) is 12.5. The Bertz CT molecular complexity index is 630. The van der Waals surface area contributed by atoms with Crippen LogP contribution in [0.25, 0.3) is 0 Å². The summed E-state index contributed by atoms with van der Waals surface area (Å²) in [5.74, 6) is 0. The van der Waals surface area contributed by atoms with E-state index in [1.165, 1.54) is 11.3 Å². The van der Waals surface area contributed by atoms with Crippen LogP contribution < -0.4 is 0 Å². The summed E-state index contributed by atoms with van der Waals surface area (Å²) >= 11 is 3.58. The van der Waals surface area contributed by atoms with Crippen LogP contribution in [0.2, 0.25) is 0 Å². The molecule has 0 saturated carbocycles. The summed E-state index contributed by atoms with van der Waals surface area (Å²) in [5.41, 5.74) is 6.39. The van der Waals surface area contributed by atoms with E-state index < -0.39 is 0 Å². The fourth-order valence-electron chi connectivity index (χ4n) is 2.54. The summed E-state index contributed by atoms with van der Waals surface area (Å²) in [6.07, 6.45) is 8.28. The maximum absolute atomic E-state index is 8.90. The smallest absolute Gasteiger partial charge is 0.0992 e. The van der Waals surface area contributed by atoms with E-state index >= 15 is 0 Å². The van der Waals surface area contributed by atoms with Crippen LogP contribution in [0, 0.1) is 11.3 Å². The summed E-state index contributed by atoms with van der Waals surface area (Å²) in [6, 6.07) is 8.32. The molecular weight excluding hydrogens is 288 g/mol. The molecule has 2 nitrogen and oxygen atoms in total. The Labute approximate surface area is 115 Å². The van der Waals surface area contributed by atoms with Crippen molar-refractivity contribution in [1.29, 1.82) is 5.26 Å². The number of halogens is 1. The van der Waals surface area contributed by atoms with E-state index in [0.717, 1.165) is 17.3 Å². The van der Waals surface area contributed by atoms with Crippen molar-refractivity contribution in [2.75, 3.05) is 0 Å². The lowest BCUT2D eigenvalue weighted by atomic mass is 10.0. The standard InChI is InChI=1S/C15H11BrN2/c16-14-9-11(10-17)4-6-13(14)15-7-5-12-3-1-2-8-18(12)15/h1,3-4,6,8-9,15H,5,7H2. The second-order valence-electron chi connectivity index (χ2n) is 4.43. The molecule has 0 spiro atoms. The fourth-order valence-corrected chi connectivity index (χ4v) is 3.18. The maximum Gasteiger partial charge on any atom is 0.0992 e. The summed E-state index contributed by atoms with van der Waals surface area (Å²) in [5, 5.41) is 8.90. The average Bonchev–Trinajstić information content (AvgIpc) is 2.82. The van der Waals surface area contributed by atoms with Crippen molar-refractivity contribution in [1.82, 2.24) is 4.90 Å². The number of fused-ring (bicyclic) bond motifs is 1. The predicted octanol–water partition coefficient (Wildman–Crippen LogP) is 4.02. The van der Waals surface area contributed by atoms with E-state index in [1.54, 1.807) is 0 Å². The molecule has 0 N–H and O–H groups in total. The lowest BCUT2D eigenvalue weighted by Crippen LogP contribution is -2.16. The Balaban J connectivity index is 1.99. The molecule has 88 valence electrons. The minimum Gasteiger partial charge on any atom is -0.337 e. The van der Waals surface area contributed by atoms with Gasteiger partial charge in [0.2, 0.25) is 0 Å². The largest absolute Gasteiger partial charge is 0.337 e. The fraction of sp³-hybridized carbons (Fsp3) is 0.200. The van der Waals surface area contributed by atoms with Gasteiger partial charge in [-0.05, 0) is 42.7 Å². The Morgan fingerprint density at radius 1 is 1.44 bits per heavy atom. The van der Waals surface area contributed by atoms with Gasteiger partial charge >= 0.3 is 0 Å². The predicted molar refractivity (Wildman–Crippen MR) is 73.4 cm³/mol. The molecule has 1 saturated heterocycles. The molecule has 0 aromatic heterocycles. The van der Waals surface area contributed by atoms with Gasteiger partial charge in [0.1, 0.15) is 0 Å². The molecule has 2 aliphatic rings. The third-order valence-electron chi connectivity index (χ3n) is 3.42. The second kappa shape index (κ2) is 4.49. The summed E-state index contributed by atoms with van der Waals surface area (Å²) in [6.45, 7) is 0. The zero-order valence-corrected chi connectivity index (χ0v) is 11.3. The number of hydrogen-bond acceptors (Lipinski definition) is 2. The molecule has 1 atom stereocenters. The average molecular weight is 299 g/mol. The number of hydrogen-bond donors (Lipinski definition) is 0. The van der Waals surface area contributed by atoms with Gasteiger partial charge in [-0.15, -0.1) is 5.73 Å². The quantitative estimate of drug-likeness (QED) is 0.732. The van der Waals surface area contributed by atoms with Gasteiger partial charge in [-0.25, -0.2) is 0 Å². The molecule has 3 rings (SSSR count). The first kappa shape index (κ1) is 11.3. The van der Waals surface area contributed by atoms with Crippen LogP contribution in [0.4, 0.5) is 0 Å². The first-order chi connectivity index (χ1) is 8.79. The number of allylic oxidation sites excluding steroid dienone is 3. The van der Waals surface area contributed by atoms with Crippen molar-refractivity contribution in [2.24, 2.45) is 0 Å². The maximum atomic E-state index is 8.90. The highest BCUT2D eigenvalue weighted by Gasteiger charge is 2.29. The Morgan fingerprint density at radius 2 is 2.33 bits per heavy atom. The first-order valence-corrected chi connectivity index (χ1v) is 6.68. The monoisotopic (exact) mass is 298 g/mol. The number of rotatable bonds is 1. The Morgan fingerprint density at radius 3 is 3.11 bits per heavy atom. The van der Waals surface area contributed by atoms with E-state index in [1.807, 2.05) is 30.5 Å². The van der Waals surface area contributed by atoms with Gasteiger partial charge in [0.25, 0.3) is 0 Å². The van der Waals surface area contributed by atoms with Crippen molar-refractivity contribution >= 4 is 15.9 Å². The number of nitrogens with zero attached hydrogens (tertiary/aromatic N) is 2. The molecule has 2 aliphatic heterocycles. The van der Waals surface area contributed by atoms with Crippen LogP contribution in [0.1, 0.15) is 30.0 Å². The van der Waals surface area contributed by atoms with Gasteiger partial charge in [-0.1, -0.05) is 22.0 Å². The summed E-state index contributed by atoms with van der Waals surface area (Å²) < 4.78 is 1.01. The van der Waals surface area contributed by atoms with Crippen LogP contribution in [0.3, 0.4) is 0 Å². The SMILES string of the molecule is N#Cc1ccc(C2CCC3=CC=C=CN32)c(Br)c1. The van der Waals surface area contributed by atoms with E-state index in [4.69, 9.17) is 5.26 Å². The van der Waals surface area contributed by atoms with Crippen LogP contribution in [0.5, 0.6) is 0 Å². The second-order valence-corrected chi connectivity index (χ2v) is 5.28. The number of benzene rings is 1. The highest BCUT2D eigenvalue weighted by atomic mass is 79.9. The number of nitriles is 1. The topological polar surface area (TPSA) is 27.0 Å². The zero-order valence-electron chi connectivity index (χ0n) is 9.73. The third-order valence-corrected chi connectivity index (χ3v) is 4.10. The van der Waals surface area contributed by atoms with Gasteiger partial charge < -0.3 is 4.90 Å². The van der Waals surface area contributed by atoms with Crippen LogP contribution in [-0.4, -0.2) is 4.90 Å². The minimum atomic E-state index is 0.347. The van der Waals surface area contributed by atoms with Crippen molar-refractivity contribution < 1.29 is 0 Å². The first-order valence-electron chi connectivity index (χ1n) is 5.89. The van der Waals surface area contributed by atoms with Gasteiger partial charge in [-0.3, -0.25) is 0 Å². The van der Waals surface area contributed by atoms with Crippen molar-refractivity contribution in [3.63, 3.8) is 0 Å². The van der Waals surface area contributed by atoms with Crippen molar-refractivity contribution in [2.45, 2.75) is 18.9 Å². The molecule has 1 fully saturated rings. The Hall–Kier alpha value is -1.75. The normalized spacial score (nSPS) is 20.6. The molecule has 1 aromatic rings. The van der Waals surface area contributed by atoms with Crippen molar-refractivity contribution in [3.05, 3.63) is 63.6 Å². The molecular formula is C15H11BrN2. The van der Waals surface area contributed by atoms with Crippen LogP contribution in [0.15, 0.2) is 52.5 Å². The van der Waals surface area contributed by atoms with E-state index in [-0.39, 0.29) is 0 Å². The van der Waals surface area contributed by atoms with E-state index in [0.29, 0.717) is 11.6 Å². The molecule has 0 amide bonds. The van der Waals surface area contributed by atoms with Gasteiger partial charge in [0.05, 0.1) is 17.7 Å². The van der Waals surface area contributed by atoms with Crippen LogP contribution in [-0.2, 0) is 0 Å². The molecule has 18 heavy (non-hydrogen) atoms. The molecule has 0 radical (unpaired) electrons. The van der Waals surface area contributed by atoms with E-state index in [9.17, 15) is 0 Å². The Kier molecular flexibility index (Phi) is 2.83. The lowest BCUT2D eigenvalue weighted by Gasteiger charge is -2.25.